The highest BCUT2D eigenvalue weighted by Crippen LogP contribution is 2.36. The molecule has 4 aromatic rings. The number of benzene rings is 1. The number of thiazole rings is 1. The number of carbonyl (C=O) groups excluding carboxylic acids is 1. The van der Waals surface area contributed by atoms with Gasteiger partial charge in [0.1, 0.15) is 6.54 Å². The molecule has 160 valence electrons. The Bertz CT molecular complexity index is 1470. The van der Waals surface area contributed by atoms with Crippen molar-refractivity contribution in [2.75, 3.05) is 5.32 Å². The predicted molar refractivity (Wildman–Crippen MR) is 121 cm³/mol. The summed E-state index contributed by atoms with van der Waals surface area (Å²) in [6.45, 7) is -0.188. The Morgan fingerprint density at radius 3 is 2.55 bits per heavy atom. The smallest absolute Gasteiger partial charge is 0.315 e. The summed E-state index contributed by atoms with van der Waals surface area (Å²) in [7, 11) is 2.87. The Morgan fingerprint density at radius 1 is 1.10 bits per heavy atom. The number of fused-ring (bicyclic) bond motifs is 1. The van der Waals surface area contributed by atoms with Crippen molar-refractivity contribution in [2.24, 2.45) is 14.1 Å². The number of halogens is 3. The fraction of sp³-hybridized carbons (Fsp3) is 0.167. The highest BCUT2D eigenvalue weighted by molar-refractivity contribution is 7.14. The summed E-state index contributed by atoms with van der Waals surface area (Å²) in [5, 5.41) is 5.79. The van der Waals surface area contributed by atoms with E-state index in [-0.39, 0.29) is 17.7 Å². The quantitative estimate of drug-likeness (QED) is 0.434. The molecular weight excluding hydrogens is 487 g/mol. The average Bonchev–Trinajstić information content (AvgIpc) is 3.34. The number of hydrogen-bond donors (Lipinski definition) is 1. The Morgan fingerprint density at radius 2 is 1.81 bits per heavy atom. The van der Waals surface area contributed by atoms with Crippen LogP contribution in [0.3, 0.4) is 0 Å². The number of nitrogens with one attached hydrogen (secondary N) is 1. The molecule has 0 saturated heterocycles. The van der Waals surface area contributed by atoms with E-state index in [1.807, 2.05) is 0 Å². The first kappa shape index (κ1) is 21.6. The molecule has 0 atom stereocenters. The van der Waals surface area contributed by atoms with Gasteiger partial charge in [-0.15, -0.1) is 11.3 Å². The van der Waals surface area contributed by atoms with Crippen molar-refractivity contribution < 1.29 is 4.79 Å². The fourth-order valence-corrected chi connectivity index (χ4v) is 4.37. The molecule has 1 amide bonds. The third-order valence-corrected chi connectivity index (χ3v) is 6.36. The van der Waals surface area contributed by atoms with E-state index >= 15 is 0 Å². The third-order valence-electron chi connectivity index (χ3n) is 4.57. The zero-order valence-electron chi connectivity index (χ0n) is 16.0. The SMILES string of the molecule is Cn1c(=O)c2c(ncn2CC(=O)Nc2nc(-c3cc(Cl)c(Cl)cc3Cl)cs2)n(C)c1=O. The molecule has 0 radical (unpaired) electrons. The summed E-state index contributed by atoms with van der Waals surface area (Å²) in [6.07, 6.45) is 1.34. The summed E-state index contributed by atoms with van der Waals surface area (Å²) in [4.78, 5) is 45.5. The monoisotopic (exact) mass is 498 g/mol. The lowest BCUT2D eigenvalue weighted by atomic mass is 10.2. The van der Waals surface area contributed by atoms with Gasteiger partial charge in [0, 0.05) is 25.0 Å². The largest absolute Gasteiger partial charge is 0.332 e. The first-order chi connectivity index (χ1) is 14.7. The van der Waals surface area contributed by atoms with Gasteiger partial charge < -0.3 is 9.88 Å². The number of amides is 1. The molecule has 0 spiro atoms. The minimum absolute atomic E-state index is 0.155. The number of imidazole rings is 1. The van der Waals surface area contributed by atoms with Crippen LogP contribution in [0.15, 0.2) is 33.4 Å². The van der Waals surface area contributed by atoms with E-state index in [2.05, 4.69) is 15.3 Å². The van der Waals surface area contributed by atoms with Crippen molar-refractivity contribution in [3.8, 4) is 11.3 Å². The zero-order chi connectivity index (χ0) is 22.4. The van der Waals surface area contributed by atoms with Gasteiger partial charge in [0.15, 0.2) is 16.3 Å². The minimum atomic E-state index is -0.533. The molecule has 0 aliphatic carbocycles. The maximum Gasteiger partial charge on any atom is 0.332 e. The first-order valence-electron chi connectivity index (χ1n) is 8.68. The van der Waals surface area contributed by atoms with Crippen molar-refractivity contribution in [1.29, 1.82) is 0 Å². The van der Waals surface area contributed by atoms with E-state index in [0.717, 1.165) is 4.57 Å². The summed E-state index contributed by atoms with van der Waals surface area (Å²) in [5.74, 6) is -0.420. The number of nitrogens with zero attached hydrogens (tertiary/aromatic N) is 5. The van der Waals surface area contributed by atoms with Crippen LogP contribution in [-0.2, 0) is 25.4 Å². The van der Waals surface area contributed by atoms with Crippen LogP contribution in [-0.4, -0.2) is 29.6 Å². The number of hydrogen-bond acceptors (Lipinski definition) is 6. The fourth-order valence-electron chi connectivity index (χ4n) is 3.00. The topological polar surface area (TPSA) is 104 Å². The maximum atomic E-state index is 12.5. The van der Waals surface area contributed by atoms with Crippen LogP contribution in [0.25, 0.3) is 22.4 Å². The number of aryl methyl sites for hydroxylation is 1. The van der Waals surface area contributed by atoms with Crippen molar-refractivity contribution in [3.63, 3.8) is 0 Å². The molecule has 0 aliphatic rings. The van der Waals surface area contributed by atoms with Crippen molar-refractivity contribution in [1.82, 2.24) is 23.7 Å². The summed E-state index contributed by atoms with van der Waals surface area (Å²) >= 11 is 19.4. The van der Waals surface area contributed by atoms with Crippen LogP contribution in [0.2, 0.25) is 15.1 Å². The van der Waals surface area contributed by atoms with E-state index in [1.54, 1.807) is 11.4 Å². The molecule has 0 bridgehead atoms. The Labute approximate surface area is 193 Å². The Kier molecular flexibility index (Phi) is 5.65. The molecule has 4 rings (SSSR count). The molecular formula is C18H13Cl3N6O3S. The van der Waals surface area contributed by atoms with E-state index in [0.29, 0.717) is 31.5 Å². The van der Waals surface area contributed by atoms with Gasteiger partial charge in [0.25, 0.3) is 5.56 Å². The molecule has 0 saturated carbocycles. The van der Waals surface area contributed by atoms with Gasteiger partial charge in [0.2, 0.25) is 5.91 Å². The standard InChI is InChI=1S/C18H13Cl3N6O3S/c1-25-15-14(16(29)26(2)18(25)30)27(7-22-15)5-13(28)24-17-23-12(6-31-17)8-3-10(20)11(21)4-9(8)19/h3-4,6-7H,5H2,1-2H3,(H,23,24,28). The highest BCUT2D eigenvalue weighted by Gasteiger charge is 2.17. The molecule has 31 heavy (non-hydrogen) atoms. The molecule has 0 fully saturated rings. The minimum Gasteiger partial charge on any atom is -0.315 e. The Hall–Kier alpha value is -2.66. The molecule has 1 N–H and O–H groups in total. The van der Waals surface area contributed by atoms with Crippen molar-refractivity contribution in [2.45, 2.75) is 6.54 Å². The lowest BCUT2D eigenvalue weighted by Gasteiger charge is -2.06. The maximum absolute atomic E-state index is 12.5. The number of anilines is 1. The number of carbonyl (C=O) groups is 1. The molecule has 9 nitrogen and oxygen atoms in total. The molecule has 0 aliphatic heterocycles. The van der Waals surface area contributed by atoms with Crippen LogP contribution >= 0.6 is 46.1 Å². The van der Waals surface area contributed by atoms with Crippen LogP contribution in [0.4, 0.5) is 5.13 Å². The molecule has 3 aromatic heterocycles. The zero-order valence-corrected chi connectivity index (χ0v) is 19.1. The van der Waals surface area contributed by atoms with Crippen LogP contribution in [0.1, 0.15) is 0 Å². The van der Waals surface area contributed by atoms with Gasteiger partial charge in [-0.2, -0.15) is 0 Å². The average molecular weight is 500 g/mol. The lowest BCUT2D eigenvalue weighted by Crippen LogP contribution is -2.37. The van der Waals surface area contributed by atoms with Gasteiger partial charge in [-0.1, -0.05) is 34.8 Å². The van der Waals surface area contributed by atoms with Crippen LogP contribution in [0.5, 0.6) is 0 Å². The second kappa shape index (κ2) is 8.12. The van der Waals surface area contributed by atoms with Gasteiger partial charge in [-0.3, -0.25) is 18.7 Å². The van der Waals surface area contributed by atoms with E-state index in [4.69, 9.17) is 34.8 Å². The van der Waals surface area contributed by atoms with Gasteiger partial charge >= 0.3 is 5.69 Å². The first-order valence-corrected chi connectivity index (χ1v) is 10.7. The second-order valence-electron chi connectivity index (χ2n) is 6.58. The van der Waals surface area contributed by atoms with E-state index in [9.17, 15) is 14.4 Å². The lowest BCUT2D eigenvalue weighted by molar-refractivity contribution is -0.116. The number of aromatic nitrogens is 5. The highest BCUT2D eigenvalue weighted by atomic mass is 35.5. The van der Waals surface area contributed by atoms with Crippen molar-refractivity contribution in [3.05, 3.63) is 59.7 Å². The second-order valence-corrected chi connectivity index (χ2v) is 8.66. The van der Waals surface area contributed by atoms with E-state index < -0.39 is 17.2 Å². The molecule has 1 aromatic carbocycles. The van der Waals surface area contributed by atoms with Crippen LogP contribution < -0.4 is 16.6 Å². The van der Waals surface area contributed by atoms with Crippen LogP contribution in [0, 0.1) is 0 Å². The molecule has 13 heteroatoms. The molecule has 0 unspecified atom stereocenters. The summed E-state index contributed by atoms with van der Waals surface area (Å²) in [5.41, 5.74) is 0.435. The summed E-state index contributed by atoms with van der Waals surface area (Å²) < 4.78 is 3.60. The third kappa shape index (κ3) is 3.87. The predicted octanol–water partition coefficient (Wildman–Crippen LogP) is 3.16. The van der Waals surface area contributed by atoms with Crippen molar-refractivity contribution >= 4 is 68.3 Å². The van der Waals surface area contributed by atoms with Gasteiger partial charge in [-0.25, -0.2) is 14.8 Å². The molecule has 3 heterocycles. The van der Waals surface area contributed by atoms with Gasteiger partial charge in [0.05, 0.1) is 27.1 Å². The number of rotatable bonds is 4. The Balaban J connectivity index is 1.58. The van der Waals surface area contributed by atoms with Gasteiger partial charge in [-0.05, 0) is 12.1 Å². The summed E-state index contributed by atoms with van der Waals surface area (Å²) in [6, 6.07) is 3.13. The van der Waals surface area contributed by atoms with E-state index in [1.165, 1.54) is 47.0 Å². The normalized spacial score (nSPS) is 11.3.